The molecule has 0 atom stereocenters. The van der Waals surface area contributed by atoms with Crippen LogP contribution in [0.5, 0.6) is 0 Å². The Morgan fingerprint density at radius 1 is 1.07 bits per heavy atom. The number of ether oxygens (including phenoxy) is 1. The van der Waals surface area contributed by atoms with Crippen molar-refractivity contribution in [2.45, 2.75) is 46.3 Å². The van der Waals surface area contributed by atoms with Crippen molar-refractivity contribution in [3.8, 4) is 0 Å². The van der Waals surface area contributed by atoms with E-state index in [9.17, 15) is 0 Å². The molecule has 0 radical (unpaired) electrons. The maximum Gasteiger partial charge on any atom is 0.191 e. The lowest BCUT2D eigenvalue weighted by Gasteiger charge is -2.27. The number of hydrogen-bond acceptors (Lipinski definition) is 4. The molecule has 1 aliphatic heterocycles. The van der Waals surface area contributed by atoms with Crippen LogP contribution in [-0.2, 0) is 44.3 Å². The summed E-state index contributed by atoms with van der Waals surface area (Å²) in [7, 11) is 3.85. The van der Waals surface area contributed by atoms with Crippen molar-refractivity contribution in [2.24, 2.45) is 12.0 Å². The standard InChI is InChI=1S/C23H36N6O/c1-5-21-20(22(6-2)28(4)27-21)16-26-23(24-3)25-15-18-9-7-8-10-19(18)17-29-11-13-30-14-12-29/h7-10H,5-6,11-17H2,1-4H3,(H2,24,25,26). The molecule has 0 unspecified atom stereocenters. The first-order chi connectivity index (χ1) is 14.7. The van der Waals surface area contributed by atoms with Crippen molar-refractivity contribution >= 4 is 5.96 Å². The largest absolute Gasteiger partial charge is 0.379 e. The molecule has 2 N–H and O–H groups in total. The second kappa shape index (κ2) is 11.1. The molecule has 164 valence electrons. The fourth-order valence-corrected chi connectivity index (χ4v) is 4.05. The van der Waals surface area contributed by atoms with Gasteiger partial charge < -0.3 is 15.4 Å². The topological polar surface area (TPSA) is 66.7 Å². The van der Waals surface area contributed by atoms with Crippen LogP contribution in [0.2, 0.25) is 0 Å². The molecular formula is C23H36N6O. The fourth-order valence-electron chi connectivity index (χ4n) is 4.05. The molecule has 1 aromatic carbocycles. The number of aliphatic imine (C=N–C) groups is 1. The maximum atomic E-state index is 5.47. The minimum atomic E-state index is 0.731. The van der Waals surface area contributed by atoms with Gasteiger partial charge in [0, 0.05) is 58.1 Å². The van der Waals surface area contributed by atoms with Crippen molar-refractivity contribution in [2.75, 3.05) is 33.4 Å². The van der Waals surface area contributed by atoms with Crippen molar-refractivity contribution < 1.29 is 4.74 Å². The van der Waals surface area contributed by atoms with E-state index in [4.69, 9.17) is 4.74 Å². The first kappa shape index (κ1) is 22.3. The fraction of sp³-hybridized carbons (Fsp3) is 0.565. The van der Waals surface area contributed by atoms with Crippen LogP contribution in [0.4, 0.5) is 0 Å². The molecular weight excluding hydrogens is 376 g/mol. The number of benzene rings is 1. The number of hydrogen-bond donors (Lipinski definition) is 2. The van der Waals surface area contributed by atoms with Crippen molar-refractivity contribution in [1.29, 1.82) is 0 Å². The van der Waals surface area contributed by atoms with E-state index in [0.717, 1.165) is 70.4 Å². The van der Waals surface area contributed by atoms with Gasteiger partial charge in [-0.25, -0.2) is 0 Å². The molecule has 7 heteroatoms. The minimum Gasteiger partial charge on any atom is -0.379 e. The highest BCUT2D eigenvalue weighted by Gasteiger charge is 2.15. The highest BCUT2D eigenvalue weighted by molar-refractivity contribution is 5.79. The highest BCUT2D eigenvalue weighted by Crippen LogP contribution is 2.15. The zero-order chi connectivity index (χ0) is 21.3. The van der Waals surface area contributed by atoms with E-state index >= 15 is 0 Å². The summed E-state index contributed by atoms with van der Waals surface area (Å²) in [5, 5.41) is 11.6. The Labute approximate surface area is 180 Å². The molecule has 1 saturated heterocycles. The SMILES string of the molecule is CCc1nn(C)c(CC)c1CNC(=NC)NCc1ccccc1CN1CCOCC1. The number of guanidine groups is 1. The van der Waals surface area contributed by atoms with Gasteiger partial charge in [-0.15, -0.1) is 0 Å². The first-order valence-corrected chi connectivity index (χ1v) is 11.0. The Hall–Kier alpha value is -2.38. The molecule has 2 aromatic rings. The van der Waals surface area contributed by atoms with Crippen LogP contribution in [0, 0.1) is 0 Å². The monoisotopic (exact) mass is 412 g/mol. The Morgan fingerprint density at radius 2 is 1.77 bits per heavy atom. The van der Waals surface area contributed by atoms with Crippen LogP contribution in [0.25, 0.3) is 0 Å². The third-order valence-corrected chi connectivity index (χ3v) is 5.75. The quantitative estimate of drug-likeness (QED) is 0.514. The average molecular weight is 413 g/mol. The predicted molar refractivity (Wildman–Crippen MR) is 122 cm³/mol. The zero-order valence-electron chi connectivity index (χ0n) is 18.9. The van der Waals surface area contributed by atoms with E-state index < -0.39 is 0 Å². The van der Waals surface area contributed by atoms with Gasteiger partial charge in [0.25, 0.3) is 0 Å². The van der Waals surface area contributed by atoms with Gasteiger partial charge in [0.1, 0.15) is 0 Å². The molecule has 1 aliphatic rings. The maximum absolute atomic E-state index is 5.47. The van der Waals surface area contributed by atoms with Gasteiger partial charge in [0.2, 0.25) is 0 Å². The molecule has 0 saturated carbocycles. The van der Waals surface area contributed by atoms with Crippen LogP contribution in [-0.4, -0.2) is 54.0 Å². The average Bonchev–Trinajstić information content (AvgIpc) is 3.10. The molecule has 7 nitrogen and oxygen atoms in total. The summed E-state index contributed by atoms with van der Waals surface area (Å²) in [4.78, 5) is 6.88. The first-order valence-electron chi connectivity index (χ1n) is 11.0. The lowest BCUT2D eigenvalue weighted by atomic mass is 10.1. The summed E-state index contributed by atoms with van der Waals surface area (Å²) in [6, 6.07) is 8.64. The number of nitrogens with zero attached hydrogens (tertiary/aromatic N) is 4. The Bertz CT molecular complexity index is 838. The summed E-state index contributed by atoms with van der Waals surface area (Å²) in [6.45, 7) is 10.4. The molecule has 30 heavy (non-hydrogen) atoms. The third kappa shape index (κ3) is 5.61. The molecule has 0 aliphatic carbocycles. The molecule has 0 spiro atoms. The van der Waals surface area contributed by atoms with Gasteiger partial charge in [0.05, 0.1) is 18.9 Å². The lowest BCUT2D eigenvalue weighted by molar-refractivity contribution is 0.0341. The zero-order valence-corrected chi connectivity index (χ0v) is 18.9. The Morgan fingerprint density at radius 3 is 2.43 bits per heavy atom. The van der Waals surface area contributed by atoms with E-state index in [0.29, 0.717) is 0 Å². The van der Waals surface area contributed by atoms with Gasteiger partial charge in [-0.05, 0) is 24.0 Å². The summed E-state index contributed by atoms with van der Waals surface area (Å²) in [5.41, 5.74) is 6.39. The lowest BCUT2D eigenvalue weighted by Crippen LogP contribution is -2.38. The van der Waals surface area contributed by atoms with E-state index in [1.54, 1.807) is 0 Å². The summed E-state index contributed by atoms with van der Waals surface area (Å²) >= 11 is 0. The number of aryl methyl sites for hydroxylation is 2. The third-order valence-electron chi connectivity index (χ3n) is 5.75. The summed E-state index contributed by atoms with van der Waals surface area (Å²) < 4.78 is 7.48. The van der Waals surface area contributed by atoms with E-state index in [1.807, 2.05) is 18.8 Å². The second-order valence-electron chi connectivity index (χ2n) is 7.64. The van der Waals surface area contributed by atoms with Gasteiger partial charge in [0.15, 0.2) is 5.96 Å². The van der Waals surface area contributed by atoms with Crippen molar-refractivity contribution in [3.63, 3.8) is 0 Å². The van der Waals surface area contributed by atoms with Crippen LogP contribution in [0.1, 0.15) is 41.9 Å². The molecule has 0 bridgehead atoms. The summed E-state index contributed by atoms with van der Waals surface area (Å²) in [6.07, 6.45) is 1.91. The van der Waals surface area contributed by atoms with Gasteiger partial charge in [-0.1, -0.05) is 38.1 Å². The van der Waals surface area contributed by atoms with Crippen LogP contribution < -0.4 is 10.6 Å². The van der Waals surface area contributed by atoms with Gasteiger partial charge in [-0.2, -0.15) is 5.10 Å². The van der Waals surface area contributed by atoms with Crippen molar-refractivity contribution in [1.82, 2.24) is 25.3 Å². The second-order valence-corrected chi connectivity index (χ2v) is 7.64. The normalized spacial score (nSPS) is 15.4. The molecule has 1 aromatic heterocycles. The molecule has 0 amide bonds. The number of nitrogens with one attached hydrogen (secondary N) is 2. The van der Waals surface area contributed by atoms with E-state index in [-0.39, 0.29) is 0 Å². The van der Waals surface area contributed by atoms with E-state index in [1.165, 1.54) is 22.4 Å². The smallest absolute Gasteiger partial charge is 0.191 e. The Balaban J connectivity index is 1.60. The van der Waals surface area contributed by atoms with Crippen LogP contribution in [0.3, 0.4) is 0 Å². The van der Waals surface area contributed by atoms with Crippen LogP contribution >= 0.6 is 0 Å². The number of aromatic nitrogens is 2. The Kier molecular flexibility index (Phi) is 8.28. The number of rotatable bonds is 8. The van der Waals surface area contributed by atoms with Crippen molar-refractivity contribution in [3.05, 3.63) is 52.3 Å². The van der Waals surface area contributed by atoms with Gasteiger partial charge in [-0.3, -0.25) is 14.6 Å². The minimum absolute atomic E-state index is 0.731. The van der Waals surface area contributed by atoms with Crippen LogP contribution in [0.15, 0.2) is 29.3 Å². The summed E-state index contributed by atoms with van der Waals surface area (Å²) in [5.74, 6) is 0.809. The van der Waals surface area contributed by atoms with Gasteiger partial charge >= 0.3 is 0 Å². The number of morpholine rings is 1. The van der Waals surface area contributed by atoms with E-state index in [2.05, 4.69) is 63.7 Å². The molecule has 3 rings (SSSR count). The molecule has 2 heterocycles. The molecule has 1 fully saturated rings. The highest BCUT2D eigenvalue weighted by atomic mass is 16.5. The predicted octanol–water partition coefficient (Wildman–Crippen LogP) is 2.24.